The number of nitrogens with two attached hydrogens (primary N) is 1. The summed E-state index contributed by atoms with van der Waals surface area (Å²) in [6, 6.07) is 0. The molecule has 2 atom stereocenters. The molecular weight excluding hydrogens is 170 g/mol. The van der Waals surface area contributed by atoms with E-state index in [1.165, 1.54) is 0 Å². The third kappa shape index (κ3) is 1.10. The Balaban J connectivity index is 2.09. The molecule has 0 amide bonds. The van der Waals surface area contributed by atoms with Crippen molar-refractivity contribution in [1.82, 2.24) is 0 Å². The second kappa shape index (κ2) is 2.63. The number of thioether (sulfide) groups is 1. The summed E-state index contributed by atoms with van der Waals surface area (Å²) in [6.07, 6.45) is 2.78. The van der Waals surface area contributed by atoms with Gasteiger partial charge in [0.25, 0.3) is 0 Å². The van der Waals surface area contributed by atoms with Crippen LogP contribution in [-0.4, -0.2) is 27.8 Å². The first kappa shape index (κ1) is 8.85. The molecule has 2 unspecified atom stereocenters. The summed E-state index contributed by atoms with van der Waals surface area (Å²) in [5.74, 6) is 2.66. The van der Waals surface area contributed by atoms with Crippen LogP contribution in [0.1, 0.15) is 26.2 Å². The monoisotopic (exact) mass is 187 g/mol. The molecule has 1 saturated carbocycles. The van der Waals surface area contributed by atoms with Gasteiger partial charge in [0.05, 0.1) is 5.60 Å². The van der Waals surface area contributed by atoms with Gasteiger partial charge < -0.3 is 10.8 Å². The average molecular weight is 187 g/mol. The summed E-state index contributed by atoms with van der Waals surface area (Å²) in [7, 11) is 0. The van der Waals surface area contributed by atoms with Gasteiger partial charge in [-0.2, -0.15) is 11.8 Å². The minimum atomic E-state index is -0.544. The van der Waals surface area contributed by atoms with Crippen molar-refractivity contribution in [2.24, 2.45) is 11.7 Å². The molecule has 1 heterocycles. The minimum Gasteiger partial charge on any atom is -0.388 e. The van der Waals surface area contributed by atoms with E-state index in [0.717, 1.165) is 30.8 Å². The second-order valence-corrected chi connectivity index (χ2v) is 5.51. The largest absolute Gasteiger partial charge is 0.388 e. The lowest BCUT2D eigenvalue weighted by molar-refractivity contribution is -0.00861. The van der Waals surface area contributed by atoms with Gasteiger partial charge in [-0.25, -0.2) is 0 Å². The first-order chi connectivity index (χ1) is 5.58. The Kier molecular flexibility index (Phi) is 1.94. The SMILES string of the molecule is CC1CC1(N)C1(O)CCSCC1. The van der Waals surface area contributed by atoms with Crippen LogP contribution in [0.15, 0.2) is 0 Å². The molecule has 2 fully saturated rings. The highest BCUT2D eigenvalue weighted by Crippen LogP contribution is 2.52. The Labute approximate surface area is 77.9 Å². The first-order valence-electron chi connectivity index (χ1n) is 4.67. The summed E-state index contributed by atoms with van der Waals surface area (Å²) in [5.41, 5.74) is 5.35. The normalized spacial score (nSPS) is 45.8. The Bertz CT molecular complexity index is 191. The molecule has 0 aromatic rings. The summed E-state index contributed by atoms with van der Waals surface area (Å²) < 4.78 is 0. The molecule has 1 aliphatic carbocycles. The third-order valence-electron chi connectivity index (χ3n) is 3.55. The smallest absolute Gasteiger partial charge is 0.0844 e. The maximum Gasteiger partial charge on any atom is 0.0844 e. The van der Waals surface area contributed by atoms with E-state index in [1.807, 2.05) is 11.8 Å². The van der Waals surface area contributed by atoms with Gasteiger partial charge in [-0.15, -0.1) is 0 Å². The van der Waals surface area contributed by atoms with Crippen molar-refractivity contribution in [2.75, 3.05) is 11.5 Å². The molecule has 0 spiro atoms. The van der Waals surface area contributed by atoms with Crippen molar-refractivity contribution < 1.29 is 5.11 Å². The molecule has 0 aromatic carbocycles. The van der Waals surface area contributed by atoms with E-state index in [2.05, 4.69) is 6.92 Å². The van der Waals surface area contributed by atoms with E-state index in [0.29, 0.717) is 5.92 Å². The lowest BCUT2D eigenvalue weighted by Gasteiger charge is -2.38. The Morgan fingerprint density at radius 3 is 2.33 bits per heavy atom. The van der Waals surface area contributed by atoms with Crippen LogP contribution < -0.4 is 5.73 Å². The van der Waals surface area contributed by atoms with Crippen molar-refractivity contribution in [3.63, 3.8) is 0 Å². The van der Waals surface area contributed by atoms with Crippen molar-refractivity contribution in [1.29, 1.82) is 0 Å². The van der Waals surface area contributed by atoms with Crippen LogP contribution in [0.25, 0.3) is 0 Å². The van der Waals surface area contributed by atoms with Gasteiger partial charge in [-0.1, -0.05) is 6.92 Å². The molecule has 3 heteroatoms. The van der Waals surface area contributed by atoms with Crippen LogP contribution >= 0.6 is 11.8 Å². The highest BCUT2D eigenvalue weighted by molar-refractivity contribution is 7.99. The summed E-state index contributed by atoms with van der Waals surface area (Å²) in [5, 5.41) is 10.3. The summed E-state index contributed by atoms with van der Waals surface area (Å²) in [4.78, 5) is 0. The fourth-order valence-electron chi connectivity index (χ4n) is 2.27. The fraction of sp³-hybridized carbons (Fsp3) is 1.00. The quantitative estimate of drug-likeness (QED) is 0.643. The number of hydrogen-bond donors (Lipinski definition) is 2. The molecular formula is C9H17NOS. The number of rotatable bonds is 1. The molecule has 2 nitrogen and oxygen atoms in total. The molecule has 0 aromatic heterocycles. The number of hydrogen-bond acceptors (Lipinski definition) is 3. The van der Waals surface area contributed by atoms with Gasteiger partial charge in [0, 0.05) is 5.54 Å². The molecule has 70 valence electrons. The molecule has 0 bridgehead atoms. The zero-order valence-electron chi connectivity index (χ0n) is 7.55. The van der Waals surface area contributed by atoms with Crippen molar-refractivity contribution in [2.45, 2.75) is 37.3 Å². The van der Waals surface area contributed by atoms with E-state index in [4.69, 9.17) is 5.73 Å². The lowest BCUT2D eigenvalue weighted by Crippen LogP contribution is -2.53. The minimum absolute atomic E-state index is 0.242. The van der Waals surface area contributed by atoms with E-state index in [9.17, 15) is 5.11 Å². The first-order valence-corrected chi connectivity index (χ1v) is 5.83. The standard InChI is InChI=1S/C9H17NOS/c1-7-6-9(7,10)8(11)2-4-12-5-3-8/h7,11H,2-6,10H2,1H3. The van der Waals surface area contributed by atoms with Gasteiger partial charge in [-0.05, 0) is 36.7 Å². The predicted octanol–water partition coefficient (Wildman–Crippen LogP) is 0.982. The summed E-state index contributed by atoms with van der Waals surface area (Å²) in [6.45, 7) is 2.14. The maximum absolute atomic E-state index is 10.3. The van der Waals surface area contributed by atoms with Crippen LogP contribution in [0, 0.1) is 5.92 Å². The topological polar surface area (TPSA) is 46.2 Å². The predicted molar refractivity (Wildman–Crippen MR) is 52.2 cm³/mol. The van der Waals surface area contributed by atoms with E-state index < -0.39 is 5.60 Å². The van der Waals surface area contributed by atoms with Crippen molar-refractivity contribution in [3.8, 4) is 0 Å². The van der Waals surface area contributed by atoms with Gasteiger partial charge in [0.1, 0.15) is 0 Å². The number of aliphatic hydroxyl groups is 1. The van der Waals surface area contributed by atoms with Crippen molar-refractivity contribution >= 4 is 11.8 Å². The van der Waals surface area contributed by atoms with E-state index in [-0.39, 0.29) is 5.54 Å². The van der Waals surface area contributed by atoms with Gasteiger partial charge >= 0.3 is 0 Å². The Morgan fingerprint density at radius 1 is 1.42 bits per heavy atom. The maximum atomic E-state index is 10.3. The molecule has 1 saturated heterocycles. The van der Waals surface area contributed by atoms with Crippen LogP contribution in [0.5, 0.6) is 0 Å². The molecule has 2 rings (SSSR count). The van der Waals surface area contributed by atoms with E-state index in [1.54, 1.807) is 0 Å². The van der Waals surface area contributed by atoms with E-state index >= 15 is 0 Å². The van der Waals surface area contributed by atoms with Gasteiger partial charge in [-0.3, -0.25) is 0 Å². The van der Waals surface area contributed by atoms with Crippen LogP contribution in [0.3, 0.4) is 0 Å². The Morgan fingerprint density at radius 2 is 1.92 bits per heavy atom. The van der Waals surface area contributed by atoms with Gasteiger partial charge in [0.2, 0.25) is 0 Å². The average Bonchev–Trinajstić information content (AvgIpc) is 2.63. The van der Waals surface area contributed by atoms with Crippen LogP contribution in [0.4, 0.5) is 0 Å². The van der Waals surface area contributed by atoms with Crippen molar-refractivity contribution in [3.05, 3.63) is 0 Å². The molecule has 2 aliphatic rings. The van der Waals surface area contributed by atoms with Gasteiger partial charge in [0.15, 0.2) is 0 Å². The lowest BCUT2D eigenvalue weighted by atomic mass is 9.85. The molecule has 1 aliphatic heterocycles. The summed E-state index contributed by atoms with van der Waals surface area (Å²) >= 11 is 1.93. The second-order valence-electron chi connectivity index (χ2n) is 4.29. The Hall–Kier alpha value is 0.270. The molecule has 3 N–H and O–H groups in total. The third-order valence-corrected chi connectivity index (χ3v) is 4.54. The highest BCUT2D eigenvalue weighted by Gasteiger charge is 2.61. The van der Waals surface area contributed by atoms with Crippen LogP contribution in [-0.2, 0) is 0 Å². The highest BCUT2D eigenvalue weighted by atomic mass is 32.2. The zero-order valence-corrected chi connectivity index (χ0v) is 8.36. The molecule has 12 heavy (non-hydrogen) atoms. The zero-order chi connectivity index (χ0) is 8.82. The fourth-order valence-corrected chi connectivity index (χ4v) is 3.44. The van der Waals surface area contributed by atoms with Crippen LogP contribution in [0.2, 0.25) is 0 Å². The molecule has 0 radical (unpaired) electrons.